The Bertz CT molecular complexity index is 886. The number of hydrogen-bond acceptors (Lipinski definition) is 3. The fourth-order valence-electron chi connectivity index (χ4n) is 2.42. The van der Waals surface area contributed by atoms with Crippen LogP contribution in [0.25, 0.3) is 10.9 Å². The average molecular weight is 323 g/mol. The molecule has 1 heterocycles. The Morgan fingerprint density at radius 3 is 2.75 bits per heavy atom. The number of ether oxygens (including phenoxy) is 1. The number of carbonyl (C=O) groups is 2. The predicted molar refractivity (Wildman–Crippen MR) is 91.8 cm³/mol. The van der Waals surface area contributed by atoms with Crippen LogP contribution in [0.2, 0.25) is 0 Å². The minimum atomic E-state index is -0.712. The van der Waals surface area contributed by atoms with E-state index in [1.54, 1.807) is 25.3 Å². The summed E-state index contributed by atoms with van der Waals surface area (Å²) >= 11 is 0. The first kappa shape index (κ1) is 15.6. The van der Waals surface area contributed by atoms with E-state index in [4.69, 9.17) is 4.74 Å². The zero-order chi connectivity index (χ0) is 16.9. The Hall–Kier alpha value is -3.28. The van der Waals surface area contributed by atoms with Crippen molar-refractivity contribution in [2.75, 3.05) is 12.4 Å². The summed E-state index contributed by atoms with van der Waals surface area (Å²) in [7, 11) is 1.56. The van der Waals surface area contributed by atoms with Gasteiger partial charge in [-0.25, -0.2) is 0 Å². The molecular formula is C18H17N3O3. The number of carbonyl (C=O) groups excluding carboxylic acids is 2. The van der Waals surface area contributed by atoms with Gasteiger partial charge in [0.15, 0.2) is 0 Å². The minimum Gasteiger partial charge on any atom is -0.496 e. The molecule has 0 fully saturated rings. The molecule has 3 aromatic rings. The summed E-state index contributed by atoms with van der Waals surface area (Å²) in [6.07, 6.45) is 1.82. The van der Waals surface area contributed by atoms with Gasteiger partial charge in [0, 0.05) is 29.5 Å². The first-order valence-corrected chi connectivity index (χ1v) is 7.45. The summed E-state index contributed by atoms with van der Waals surface area (Å²) in [6, 6.07) is 14.6. The maximum atomic E-state index is 12.0. The number of H-pyrrole nitrogens is 1. The summed E-state index contributed by atoms with van der Waals surface area (Å²) in [5, 5.41) is 6.21. The van der Waals surface area contributed by atoms with Gasteiger partial charge in [0.1, 0.15) is 5.75 Å². The van der Waals surface area contributed by atoms with Gasteiger partial charge in [-0.3, -0.25) is 9.59 Å². The highest BCUT2D eigenvalue weighted by Gasteiger charge is 2.14. The van der Waals surface area contributed by atoms with Crippen molar-refractivity contribution in [1.29, 1.82) is 0 Å². The Kier molecular flexibility index (Phi) is 4.47. The monoisotopic (exact) mass is 323 g/mol. The molecule has 0 unspecified atom stereocenters. The van der Waals surface area contributed by atoms with E-state index in [1.165, 1.54) is 0 Å². The average Bonchev–Trinajstić information content (AvgIpc) is 3.07. The molecule has 6 heteroatoms. The molecule has 0 atom stereocenters. The number of benzene rings is 2. The largest absolute Gasteiger partial charge is 0.496 e. The van der Waals surface area contributed by atoms with Gasteiger partial charge in [-0.15, -0.1) is 0 Å². The zero-order valence-corrected chi connectivity index (χ0v) is 13.1. The SMILES string of the molecule is COc1ccccc1CNC(=O)C(=O)Nc1ccc2cc[nH]c2c1. The molecule has 3 rings (SSSR count). The molecule has 0 aliphatic rings. The highest BCUT2D eigenvalue weighted by Crippen LogP contribution is 2.18. The van der Waals surface area contributed by atoms with Crippen LogP contribution in [0.5, 0.6) is 5.75 Å². The Morgan fingerprint density at radius 1 is 1.08 bits per heavy atom. The topological polar surface area (TPSA) is 83.2 Å². The third-order valence-electron chi connectivity index (χ3n) is 3.65. The van der Waals surface area contributed by atoms with Crippen LogP contribution in [0.1, 0.15) is 5.56 Å². The lowest BCUT2D eigenvalue weighted by Gasteiger charge is -2.09. The maximum Gasteiger partial charge on any atom is 0.313 e. The smallest absolute Gasteiger partial charge is 0.313 e. The summed E-state index contributed by atoms with van der Waals surface area (Å²) in [4.78, 5) is 27.0. The standard InChI is InChI=1S/C18H17N3O3/c1-24-16-5-3-2-4-13(16)11-20-17(22)18(23)21-14-7-6-12-8-9-19-15(12)10-14/h2-10,19H,11H2,1H3,(H,20,22)(H,21,23). The van der Waals surface area contributed by atoms with Crippen LogP contribution < -0.4 is 15.4 Å². The number of nitrogens with one attached hydrogen (secondary N) is 3. The van der Waals surface area contributed by atoms with Crippen molar-refractivity contribution in [2.24, 2.45) is 0 Å². The van der Waals surface area contributed by atoms with E-state index in [0.717, 1.165) is 16.5 Å². The summed E-state index contributed by atoms with van der Waals surface area (Å²) < 4.78 is 5.21. The van der Waals surface area contributed by atoms with Crippen LogP contribution in [-0.2, 0) is 16.1 Å². The van der Waals surface area contributed by atoms with E-state index in [9.17, 15) is 9.59 Å². The Morgan fingerprint density at radius 2 is 1.92 bits per heavy atom. The molecule has 2 amide bonds. The molecule has 0 aliphatic carbocycles. The highest BCUT2D eigenvalue weighted by molar-refractivity contribution is 6.39. The number of rotatable bonds is 4. The molecule has 24 heavy (non-hydrogen) atoms. The van der Waals surface area contributed by atoms with Gasteiger partial charge in [-0.1, -0.05) is 24.3 Å². The van der Waals surface area contributed by atoms with Crippen LogP contribution in [0, 0.1) is 0 Å². The molecule has 122 valence electrons. The number of hydrogen-bond donors (Lipinski definition) is 3. The van der Waals surface area contributed by atoms with Crippen molar-refractivity contribution in [3.63, 3.8) is 0 Å². The number of aromatic nitrogens is 1. The van der Waals surface area contributed by atoms with Crippen LogP contribution in [-0.4, -0.2) is 23.9 Å². The molecule has 1 aromatic heterocycles. The molecule has 0 spiro atoms. The van der Waals surface area contributed by atoms with Crippen molar-refractivity contribution in [3.05, 3.63) is 60.3 Å². The first-order chi connectivity index (χ1) is 11.7. The molecule has 6 nitrogen and oxygen atoms in total. The number of para-hydroxylation sites is 1. The molecule has 0 radical (unpaired) electrons. The second-order valence-electron chi connectivity index (χ2n) is 5.23. The van der Waals surface area contributed by atoms with Gasteiger partial charge in [-0.05, 0) is 29.7 Å². The van der Waals surface area contributed by atoms with Gasteiger partial charge in [0.25, 0.3) is 0 Å². The molecule has 0 bridgehead atoms. The number of anilines is 1. The van der Waals surface area contributed by atoms with E-state index in [-0.39, 0.29) is 6.54 Å². The lowest BCUT2D eigenvalue weighted by molar-refractivity contribution is -0.136. The minimum absolute atomic E-state index is 0.214. The molecular weight excluding hydrogens is 306 g/mol. The molecule has 0 aliphatic heterocycles. The third kappa shape index (κ3) is 3.38. The predicted octanol–water partition coefficient (Wildman–Crippen LogP) is 2.43. The summed E-state index contributed by atoms with van der Waals surface area (Å²) in [6.45, 7) is 0.214. The highest BCUT2D eigenvalue weighted by atomic mass is 16.5. The Labute approximate surface area is 138 Å². The Balaban J connectivity index is 1.61. The van der Waals surface area contributed by atoms with E-state index in [0.29, 0.717) is 11.4 Å². The lowest BCUT2D eigenvalue weighted by atomic mass is 10.2. The third-order valence-corrected chi connectivity index (χ3v) is 3.65. The first-order valence-electron chi connectivity index (χ1n) is 7.45. The van der Waals surface area contributed by atoms with E-state index in [2.05, 4.69) is 15.6 Å². The fourth-order valence-corrected chi connectivity index (χ4v) is 2.42. The quantitative estimate of drug-likeness (QED) is 0.645. The molecule has 0 saturated carbocycles. The zero-order valence-electron chi connectivity index (χ0n) is 13.1. The number of amides is 2. The van der Waals surface area contributed by atoms with Crippen molar-refractivity contribution in [1.82, 2.24) is 10.3 Å². The van der Waals surface area contributed by atoms with E-state index in [1.807, 2.05) is 36.5 Å². The van der Waals surface area contributed by atoms with Gasteiger partial charge in [-0.2, -0.15) is 0 Å². The van der Waals surface area contributed by atoms with Crippen molar-refractivity contribution in [2.45, 2.75) is 6.54 Å². The molecule has 0 saturated heterocycles. The van der Waals surface area contributed by atoms with Gasteiger partial charge < -0.3 is 20.4 Å². The van der Waals surface area contributed by atoms with E-state index < -0.39 is 11.8 Å². The van der Waals surface area contributed by atoms with Crippen LogP contribution in [0.4, 0.5) is 5.69 Å². The van der Waals surface area contributed by atoms with Gasteiger partial charge >= 0.3 is 11.8 Å². The summed E-state index contributed by atoms with van der Waals surface area (Å²) in [5.41, 5.74) is 2.25. The number of methoxy groups -OCH3 is 1. The molecule has 3 N–H and O–H groups in total. The maximum absolute atomic E-state index is 12.0. The number of aromatic amines is 1. The second-order valence-corrected chi connectivity index (χ2v) is 5.23. The second kappa shape index (κ2) is 6.87. The fraction of sp³-hybridized carbons (Fsp3) is 0.111. The van der Waals surface area contributed by atoms with Crippen molar-refractivity contribution < 1.29 is 14.3 Å². The lowest BCUT2D eigenvalue weighted by Crippen LogP contribution is -2.35. The van der Waals surface area contributed by atoms with Gasteiger partial charge in [0.2, 0.25) is 0 Å². The van der Waals surface area contributed by atoms with Crippen molar-refractivity contribution >= 4 is 28.4 Å². The summed E-state index contributed by atoms with van der Waals surface area (Å²) in [5.74, 6) is -0.751. The van der Waals surface area contributed by atoms with E-state index >= 15 is 0 Å². The van der Waals surface area contributed by atoms with Crippen LogP contribution >= 0.6 is 0 Å². The van der Waals surface area contributed by atoms with Crippen LogP contribution in [0.15, 0.2) is 54.7 Å². The van der Waals surface area contributed by atoms with Crippen molar-refractivity contribution in [3.8, 4) is 5.75 Å². The number of fused-ring (bicyclic) bond motifs is 1. The normalized spacial score (nSPS) is 10.4. The van der Waals surface area contributed by atoms with Crippen LogP contribution in [0.3, 0.4) is 0 Å². The van der Waals surface area contributed by atoms with Gasteiger partial charge in [0.05, 0.1) is 7.11 Å². The molecule has 2 aromatic carbocycles.